The third kappa shape index (κ3) is 6.81. The maximum Gasteiger partial charge on any atom is 0.243 e. The Hall–Kier alpha value is -2.37. The molecular formula is C18H27N3O3. The van der Waals surface area contributed by atoms with Crippen molar-refractivity contribution in [3.63, 3.8) is 0 Å². The number of carbonyl (C=O) groups excluding carboxylic acids is 3. The van der Waals surface area contributed by atoms with E-state index >= 15 is 0 Å². The molecule has 0 heterocycles. The number of benzene rings is 1. The van der Waals surface area contributed by atoms with Crippen molar-refractivity contribution in [1.29, 1.82) is 0 Å². The average molecular weight is 333 g/mol. The molecule has 1 aromatic rings. The average Bonchev–Trinajstić information content (AvgIpc) is 2.52. The molecule has 0 saturated carbocycles. The fourth-order valence-corrected chi connectivity index (χ4v) is 2.45. The molecular weight excluding hydrogens is 306 g/mol. The fraction of sp³-hybridized carbons (Fsp3) is 0.500. The van der Waals surface area contributed by atoms with E-state index in [1.54, 1.807) is 0 Å². The van der Waals surface area contributed by atoms with Crippen LogP contribution in [0.4, 0.5) is 0 Å². The number of carbonyl (C=O) groups is 3. The van der Waals surface area contributed by atoms with Crippen LogP contribution >= 0.6 is 0 Å². The quantitative estimate of drug-likeness (QED) is 0.663. The van der Waals surface area contributed by atoms with Gasteiger partial charge in [0.25, 0.3) is 0 Å². The topological polar surface area (TPSA) is 87.3 Å². The van der Waals surface area contributed by atoms with E-state index < -0.39 is 12.1 Å². The van der Waals surface area contributed by atoms with E-state index in [2.05, 4.69) is 16.0 Å². The molecule has 0 aliphatic carbocycles. The zero-order chi connectivity index (χ0) is 18.1. The van der Waals surface area contributed by atoms with Crippen LogP contribution in [0.1, 0.15) is 32.8 Å². The SMILES string of the molecule is CNC(=O)[C@H](Cc1ccccc1)NC(=O)[C@H](CC(C)C)NC(C)=O. The molecule has 0 saturated heterocycles. The van der Waals surface area contributed by atoms with Crippen LogP contribution in [0.25, 0.3) is 0 Å². The van der Waals surface area contributed by atoms with Gasteiger partial charge in [-0.05, 0) is 17.9 Å². The lowest BCUT2D eigenvalue weighted by atomic mass is 10.0. The lowest BCUT2D eigenvalue weighted by molar-refractivity contribution is -0.131. The number of hydrogen-bond acceptors (Lipinski definition) is 3. The van der Waals surface area contributed by atoms with Gasteiger partial charge in [-0.2, -0.15) is 0 Å². The van der Waals surface area contributed by atoms with Crippen molar-refractivity contribution < 1.29 is 14.4 Å². The van der Waals surface area contributed by atoms with Crippen LogP contribution in [0.15, 0.2) is 30.3 Å². The van der Waals surface area contributed by atoms with Crippen molar-refractivity contribution in [2.24, 2.45) is 5.92 Å². The zero-order valence-electron chi connectivity index (χ0n) is 14.8. The first-order valence-corrected chi connectivity index (χ1v) is 8.16. The molecule has 2 atom stereocenters. The Labute approximate surface area is 143 Å². The fourth-order valence-electron chi connectivity index (χ4n) is 2.45. The van der Waals surface area contributed by atoms with Crippen LogP contribution in [0.5, 0.6) is 0 Å². The van der Waals surface area contributed by atoms with Gasteiger partial charge in [-0.3, -0.25) is 14.4 Å². The van der Waals surface area contributed by atoms with E-state index in [-0.39, 0.29) is 23.6 Å². The minimum atomic E-state index is -0.687. The lowest BCUT2D eigenvalue weighted by Crippen LogP contribution is -2.54. The van der Waals surface area contributed by atoms with Crippen molar-refractivity contribution in [2.75, 3.05) is 7.05 Å². The van der Waals surface area contributed by atoms with Gasteiger partial charge in [0, 0.05) is 20.4 Å². The van der Waals surface area contributed by atoms with Gasteiger partial charge in [-0.15, -0.1) is 0 Å². The predicted octanol–water partition coefficient (Wildman–Crippen LogP) is 1.01. The highest BCUT2D eigenvalue weighted by Gasteiger charge is 2.26. The summed E-state index contributed by atoms with van der Waals surface area (Å²) in [5, 5.41) is 7.99. The second kappa shape index (κ2) is 9.70. The van der Waals surface area contributed by atoms with Gasteiger partial charge in [0.15, 0.2) is 0 Å². The Morgan fingerprint density at radius 2 is 1.58 bits per heavy atom. The van der Waals surface area contributed by atoms with E-state index in [0.29, 0.717) is 12.8 Å². The summed E-state index contributed by atoms with van der Waals surface area (Å²) in [6.07, 6.45) is 0.901. The molecule has 6 nitrogen and oxygen atoms in total. The Bertz CT molecular complexity index is 558. The summed E-state index contributed by atoms with van der Waals surface area (Å²) in [4.78, 5) is 36.0. The normalized spacial score (nSPS) is 13.0. The van der Waals surface area contributed by atoms with E-state index in [4.69, 9.17) is 0 Å². The maximum absolute atomic E-state index is 12.5. The number of nitrogens with one attached hydrogen (secondary N) is 3. The van der Waals surface area contributed by atoms with E-state index in [9.17, 15) is 14.4 Å². The standard InChI is InChI=1S/C18H27N3O3/c1-12(2)10-15(20-13(3)22)18(24)21-16(17(23)19-4)11-14-8-6-5-7-9-14/h5-9,12,15-16H,10-11H2,1-4H3,(H,19,23)(H,20,22)(H,21,24)/t15-,16-/m0/s1. The van der Waals surface area contributed by atoms with E-state index in [1.807, 2.05) is 44.2 Å². The Balaban J connectivity index is 2.84. The van der Waals surface area contributed by atoms with Crippen molar-refractivity contribution >= 4 is 17.7 Å². The summed E-state index contributed by atoms with van der Waals surface area (Å²) in [5.41, 5.74) is 0.950. The molecule has 1 rings (SSSR count). The van der Waals surface area contributed by atoms with Gasteiger partial charge >= 0.3 is 0 Å². The minimum Gasteiger partial charge on any atom is -0.357 e. The molecule has 1 aromatic carbocycles. The summed E-state index contributed by atoms with van der Waals surface area (Å²) >= 11 is 0. The number of amides is 3. The first-order valence-electron chi connectivity index (χ1n) is 8.16. The van der Waals surface area contributed by atoms with Crippen LogP contribution in [0.3, 0.4) is 0 Å². The number of likely N-dealkylation sites (N-methyl/N-ethyl adjacent to an activating group) is 1. The third-order valence-corrected chi connectivity index (χ3v) is 3.56. The molecule has 0 radical (unpaired) electrons. The number of hydrogen-bond donors (Lipinski definition) is 3. The zero-order valence-corrected chi connectivity index (χ0v) is 14.8. The molecule has 0 aromatic heterocycles. The summed E-state index contributed by atoms with van der Waals surface area (Å²) in [7, 11) is 1.53. The molecule has 0 unspecified atom stereocenters. The molecule has 3 N–H and O–H groups in total. The van der Waals surface area contributed by atoms with Crippen molar-refractivity contribution in [3.05, 3.63) is 35.9 Å². The highest BCUT2D eigenvalue weighted by molar-refractivity contribution is 5.91. The Morgan fingerprint density at radius 1 is 0.958 bits per heavy atom. The first-order chi connectivity index (χ1) is 11.3. The van der Waals surface area contributed by atoms with Gasteiger partial charge in [0.2, 0.25) is 17.7 Å². The van der Waals surface area contributed by atoms with Crippen molar-refractivity contribution in [1.82, 2.24) is 16.0 Å². The van der Waals surface area contributed by atoms with Gasteiger partial charge in [-0.25, -0.2) is 0 Å². The largest absolute Gasteiger partial charge is 0.357 e. The highest BCUT2D eigenvalue weighted by atomic mass is 16.2. The molecule has 0 aliphatic rings. The lowest BCUT2D eigenvalue weighted by Gasteiger charge is -2.23. The van der Waals surface area contributed by atoms with Crippen molar-refractivity contribution in [3.8, 4) is 0 Å². The predicted molar refractivity (Wildman–Crippen MR) is 93.2 cm³/mol. The van der Waals surface area contributed by atoms with Crippen molar-refractivity contribution in [2.45, 2.75) is 45.7 Å². The Kier molecular flexibility index (Phi) is 7.95. The van der Waals surface area contributed by atoms with Crippen LogP contribution in [-0.4, -0.2) is 36.9 Å². The maximum atomic E-state index is 12.5. The van der Waals surface area contributed by atoms with E-state index in [1.165, 1.54) is 14.0 Å². The van der Waals surface area contributed by atoms with Crippen LogP contribution < -0.4 is 16.0 Å². The van der Waals surface area contributed by atoms with Crippen LogP contribution in [0, 0.1) is 5.92 Å². The highest BCUT2D eigenvalue weighted by Crippen LogP contribution is 2.07. The van der Waals surface area contributed by atoms with Gasteiger partial charge in [0.05, 0.1) is 0 Å². The molecule has 3 amide bonds. The molecule has 132 valence electrons. The third-order valence-electron chi connectivity index (χ3n) is 3.56. The monoisotopic (exact) mass is 333 g/mol. The van der Waals surface area contributed by atoms with Gasteiger partial charge in [-0.1, -0.05) is 44.2 Å². The van der Waals surface area contributed by atoms with E-state index in [0.717, 1.165) is 5.56 Å². The smallest absolute Gasteiger partial charge is 0.243 e. The second-order valence-electron chi connectivity index (χ2n) is 6.25. The van der Waals surface area contributed by atoms with Gasteiger partial charge < -0.3 is 16.0 Å². The number of rotatable bonds is 8. The summed E-state index contributed by atoms with van der Waals surface area (Å²) in [6, 6.07) is 8.14. The molecule has 6 heteroatoms. The van der Waals surface area contributed by atoms with Crippen LogP contribution in [0.2, 0.25) is 0 Å². The summed E-state index contributed by atoms with van der Waals surface area (Å²) < 4.78 is 0. The second-order valence-corrected chi connectivity index (χ2v) is 6.25. The summed E-state index contributed by atoms with van der Waals surface area (Å²) in [6.45, 7) is 5.32. The minimum absolute atomic E-state index is 0.236. The molecule has 0 fully saturated rings. The molecule has 0 aliphatic heterocycles. The summed E-state index contributed by atoms with van der Waals surface area (Å²) in [5.74, 6) is -0.641. The Morgan fingerprint density at radius 3 is 2.08 bits per heavy atom. The molecule has 24 heavy (non-hydrogen) atoms. The van der Waals surface area contributed by atoms with Crippen LogP contribution in [-0.2, 0) is 20.8 Å². The first kappa shape index (κ1) is 19.7. The van der Waals surface area contributed by atoms with Gasteiger partial charge in [0.1, 0.15) is 12.1 Å². The molecule has 0 bridgehead atoms. The molecule has 0 spiro atoms.